The average Bonchev–Trinajstić information content (AvgIpc) is 3.18. The third-order valence-corrected chi connectivity index (χ3v) is 3.65. The Morgan fingerprint density at radius 3 is 2.65 bits per heavy atom. The Hall–Kier alpha value is -0.670. The van der Waals surface area contributed by atoms with Crippen LogP contribution in [0.25, 0.3) is 0 Å². The summed E-state index contributed by atoms with van der Waals surface area (Å²) in [4.78, 5) is 1.28. The molecular weight excluding hydrogens is 230 g/mol. The van der Waals surface area contributed by atoms with E-state index >= 15 is 0 Å². The van der Waals surface area contributed by atoms with Gasteiger partial charge in [-0.25, -0.2) is 0 Å². The fourth-order valence-corrected chi connectivity index (χ4v) is 2.09. The molecule has 1 N–H and O–H groups in total. The molecule has 1 fully saturated rings. The van der Waals surface area contributed by atoms with Crippen molar-refractivity contribution < 1.29 is 4.74 Å². The molecule has 1 saturated carbocycles. The molecule has 1 aromatic rings. The molecule has 0 aromatic heterocycles. The lowest BCUT2D eigenvalue weighted by Crippen LogP contribution is -2.17. The number of nitrogens with one attached hydrogen (secondary N) is 1. The molecular formula is C14H21NOS. The van der Waals surface area contributed by atoms with Gasteiger partial charge in [-0.15, -0.1) is 11.8 Å². The summed E-state index contributed by atoms with van der Waals surface area (Å²) in [6, 6.07) is 9.14. The maximum Gasteiger partial charge on any atom is 0.119 e. The van der Waals surface area contributed by atoms with Gasteiger partial charge in [-0.1, -0.05) is 0 Å². The topological polar surface area (TPSA) is 21.3 Å². The van der Waals surface area contributed by atoms with E-state index < -0.39 is 0 Å². The lowest BCUT2D eigenvalue weighted by Gasteiger charge is -2.07. The van der Waals surface area contributed by atoms with E-state index in [1.54, 1.807) is 11.8 Å². The number of ether oxygens (including phenoxy) is 1. The Kier molecular flexibility index (Phi) is 5.20. The summed E-state index contributed by atoms with van der Waals surface area (Å²) < 4.78 is 5.69. The number of hydrogen-bond donors (Lipinski definition) is 1. The van der Waals surface area contributed by atoms with E-state index in [0.717, 1.165) is 31.4 Å². The summed E-state index contributed by atoms with van der Waals surface area (Å²) in [5, 5.41) is 3.51. The van der Waals surface area contributed by atoms with Gasteiger partial charge in [-0.2, -0.15) is 0 Å². The molecule has 94 valence electrons. The van der Waals surface area contributed by atoms with Gasteiger partial charge in [0, 0.05) is 10.9 Å². The average molecular weight is 251 g/mol. The second kappa shape index (κ2) is 6.92. The lowest BCUT2D eigenvalue weighted by molar-refractivity contribution is 0.305. The van der Waals surface area contributed by atoms with Crippen LogP contribution < -0.4 is 10.1 Å². The van der Waals surface area contributed by atoms with Crippen molar-refractivity contribution in [2.75, 3.05) is 19.4 Å². The van der Waals surface area contributed by atoms with Gasteiger partial charge in [0.25, 0.3) is 0 Å². The number of rotatable bonds is 8. The molecule has 0 radical (unpaired) electrons. The van der Waals surface area contributed by atoms with Gasteiger partial charge in [0.05, 0.1) is 6.61 Å². The summed E-state index contributed by atoms with van der Waals surface area (Å²) in [7, 11) is 0. The van der Waals surface area contributed by atoms with E-state index in [-0.39, 0.29) is 0 Å². The van der Waals surface area contributed by atoms with Gasteiger partial charge in [-0.3, -0.25) is 0 Å². The summed E-state index contributed by atoms with van der Waals surface area (Å²) in [6.45, 7) is 1.96. The minimum atomic E-state index is 0.824. The second-order valence-electron chi connectivity index (χ2n) is 4.46. The first-order valence-electron chi connectivity index (χ1n) is 6.39. The molecule has 1 aromatic carbocycles. The van der Waals surface area contributed by atoms with Gasteiger partial charge in [0.1, 0.15) is 5.75 Å². The van der Waals surface area contributed by atoms with Crippen LogP contribution in [-0.4, -0.2) is 25.4 Å². The van der Waals surface area contributed by atoms with Crippen LogP contribution in [0.5, 0.6) is 5.75 Å². The molecule has 0 unspecified atom stereocenters. The lowest BCUT2D eigenvalue weighted by atomic mass is 10.3. The first-order chi connectivity index (χ1) is 8.38. The Labute approximate surface area is 108 Å². The van der Waals surface area contributed by atoms with Crippen LogP contribution in [0.15, 0.2) is 29.2 Å². The van der Waals surface area contributed by atoms with Crippen molar-refractivity contribution in [2.45, 2.75) is 36.6 Å². The maximum absolute atomic E-state index is 5.69. The highest BCUT2D eigenvalue weighted by Crippen LogP contribution is 2.19. The zero-order valence-corrected chi connectivity index (χ0v) is 11.3. The minimum absolute atomic E-state index is 0.824. The fraction of sp³-hybridized carbons (Fsp3) is 0.571. The van der Waals surface area contributed by atoms with E-state index in [1.165, 1.54) is 24.2 Å². The second-order valence-corrected chi connectivity index (χ2v) is 5.34. The number of hydrogen-bond acceptors (Lipinski definition) is 3. The van der Waals surface area contributed by atoms with Crippen molar-refractivity contribution in [3.05, 3.63) is 24.3 Å². The highest BCUT2D eigenvalue weighted by molar-refractivity contribution is 7.98. The maximum atomic E-state index is 5.69. The Morgan fingerprint density at radius 1 is 1.24 bits per heavy atom. The third-order valence-electron chi connectivity index (χ3n) is 2.91. The van der Waals surface area contributed by atoms with E-state index in [9.17, 15) is 0 Å². The van der Waals surface area contributed by atoms with E-state index in [2.05, 4.69) is 23.7 Å². The van der Waals surface area contributed by atoms with Crippen molar-refractivity contribution in [1.29, 1.82) is 0 Å². The van der Waals surface area contributed by atoms with Crippen LogP contribution >= 0.6 is 11.8 Å². The normalized spacial score (nSPS) is 14.9. The summed E-state index contributed by atoms with van der Waals surface area (Å²) >= 11 is 1.76. The molecule has 0 bridgehead atoms. The molecule has 0 saturated heterocycles. The van der Waals surface area contributed by atoms with E-state index in [0.29, 0.717) is 0 Å². The molecule has 0 atom stereocenters. The quantitative estimate of drug-likeness (QED) is 0.566. The smallest absolute Gasteiger partial charge is 0.119 e. The summed E-state index contributed by atoms with van der Waals surface area (Å²) in [5.41, 5.74) is 0. The van der Waals surface area contributed by atoms with Gasteiger partial charge < -0.3 is 10.1 Å². The van der Waals surface area contributed by atoms with Crippen molar-refractivity contribution in [2.24, 2.45) is 0 Å². The van der Waals surface area contributed by atoms with Crippen molar-refractivity contribution in [3.63, 3.8) is 0 Å². The zero-order chi connectivity index (χ0) is 11.9. The van der Waals surface area contributed by atoms with Crippen LogP contribution in [0, 0.1) is 0 Å². The van der Waals surface area contributed by atoms with E-state index in [1.807, 2.05) is 12.1 Å². The highest BCUT2D eigenvalue weighted by Gasteiger charge is 2.19. The molecule has 2 nitrogen and oxygen atoms in total. The fourth-order valence-electron chi connectivity index (χ4n) is 1.68. The molecule has 1 aliphatic carbocycles. The van der Waals surface area contributed by atoms with Crippen LogP contribution in [0.1, 0.15) is 25.7 Å². The molecule has 17 heavy (non-hydrogen) atoms. The Morgan fingerprint density at radius 2 is 2.00 bits per heavy atom. The summed E-state index contributed by atoms with van der Waals surface area (Å²) in [5.74, 6) is 0.984. The highest BCUT2D eigenvalue weighted by atomic mass is 32.2. The van der Waals surface area contributed by atoms with E-state index in [4.69, 9.17) is 4.74 Å². The molecule has 1 aliphatic rings. The van der Waals surface area contributed by atoms with Gasteiger partial charge >= 0.3 is 0 Å². The number of unbranched alkanes of at least 4 members (excludes halogenated alkanes) is 1. The molecule has 0 amide bonds. The monoisotopic (exact) mass is 251 g/mol. The molecule has 0 spiro atoms. The molecule has 2 rings (SSSR count). The Bertz CT molecular complexity index is 321. The van der Waals surface area contributed by atoms with Crippen LogP contribution in [0.4, 0.5) is 0 Å². The standard InChI is InChI=1S/C14H21NOS/c1-17-14-8-6-13(7-9-14)16-11-3-2-10-15-12-4-5-12/h6-9,12,15H,2-5,10-11H2,1H3. The van der Waals surface area contributed by atoms with Crippen molar-refractivity contribution in [1.82, 2.24) is 5.32 Å². The molecule has 0 heterocycles. The first-order valence-corrected chi connectivity index (χ1v) is 7.61. The molecule has 3 heteroatoms. The van der Waals surface area contributed by atoms with Crippen LogP contribution in [0.2, 0.25) is 0 Å². The first kappa shape index (κ1) is 12.8. The third kappa shape index (κ3) is 5.00. The number of benzene rings is 1. The van der Waals surface area contributed by atoms with Crippen molar-refractivity contribution >= 4 is 11.8 Å². The van der Waals surface area contributed by atoms with Crippen LogP contribution in [0.3, 0.4) is 0 Å². The molecule has 0 aliphatic heterocycles. The van der Waals surface area contributed by atoms with Gasteiger partial charge in [-0.05, 0) is 62.7 Å². The largest absolute Gasteiger partial charge is 0.494 e. The zero-order valence-electron chi connectivity index (χ0n) is 10.4. The minimum Gasteiger partial charge on any atom is -0.494 e. The van der Waals surface area contributed by atoms with Crippen LogP contribution in [-0.2, 0) is 0 Å². The van der Waals surface area contributed by atoms with Crippen molar-refractivity contribution in [3.8, 4) is 5.75 Å². The van der Waals surface area contributed by atoms with Gasteiger partial charge in [0.15, 0.2) is 0 Å². The number of thioether (sulfide) groups is 1. The summed E-state index contributed by atoms with van der Waals surface area (Å²) in [6.07, 6.45) is 7.17. The predicted octanol–water partition coefficient (Wildman–Crippen LogP) is 3.32. The predicted molar refractivity (Wildman–Crippen MR) is 74.0 cm³/mol. The SMILES string of the molecule is CSc1ccc(OCCCCNC2CC2)cc1. The van der Waals surface area contributed by atoms with Gasteiger partial charge in [0.2, 0.25) is 0 Å². The Balaban J connectivity index is 1.53.